The highest BCUT2D eigenvalue weighted by molar-refractivity contribution is 8.23. The van der Waals surface area contributed by atoms with Gasteiger partial charge in [0.15, 0.2) is 4.32 Å². The maximum atomic E-state index is 12.3. The summed E-state index contributed by atoms with van der Waals surface area (Å²) < 4.78 is 0.336. The van der Waals surface area contributed by atoms with Gasteiger partial charge in [0.2, 0.25) is 11.8 Å². The van der Waals surface area contributed by atoms with Crippen LogP contribution in [0.4, 0.5) is 5.69 Å². The molecule has 2 fully saturated rings. The van der Waals surface area contributed by atoms with Gasteiger partial charge in [-0.1, -0.05) is 42.2 Å². The first-order chi connectivity index (χ1) is 10.6. The quantitative estimate of drug-likeness (QED) is 0.832. The second kappa shape index (κ2) is 6.05. The average Bonchev–Trinajstić information content (AvgIpc) is 3.05. The molecule has 1 atom stereocenters. The van der Waals surface area contributed by atoms with E-state index in [1.54, 1.807) is 4.90 Å². The Hall–Kier alpha value is -1.93. The van der Waals surface area contributed by atoms with Crippen molar-refractivity contribution in [2.24, 2.45) is 5.92 Å². The Labute approximate surface area is 136 Å². The van der Waals surface area contributed by atoms with Crippen LogP contribution >= 0.6 is 24.0 Å². The lowest BCUT2D eigenvalue weighted by molar-refractivity contribution is -0.136. The van der Waals surface area contributed by atoms with Crippen molar-refractivity contribution in [1.82, 2.24) is 10.4 Å². The molecular weight excluding hydrogens is 322 g/mol. The predicted octanol–water partition coefficient (Wildman–Crippen LogP) is 0.931. The maximum absolute atomic E-state index is 12.3. The summed E-state index contributed by atoms with van der Waals surface area (Å²) in [7, 11) is 0. The molecule has 3 rings (SSSR count). The van der Waals surface area contributed by atoms with Gasteiger partial charge in [-0.15, -0.1) is 0 Å². The molecule has 0 radical (unpaired) electrons. The van der Waals surface area contributed by atoms with Crippen LogP contribution < -0.4 is 10.3 Å². The molecule has 2 aliphatic heterocycles. The molecule has 1 N–H and O–H groups in total. The Bertz CT molecular complexity index is 634. The molecule has 1 aromatic carbocycles. The van der Waals surface area contributed by atoms with E-state index in [0.29, 0.717) is 10.9 Å². The zero-order chi connectivity index (χ0) is 15.7. The van der Waals surface area contributed by atoms with Gasteiger partial charge >= 0.3 is 0 Å². The molecule has 6 nitrogen and oxygen atoms in total. The summed E-state index contributed by atoms with van der Waals surface area (Å²) in [5.41, 5.74) is 3.29. The molecule has 0 unspecified atom stereocenters. The highest BCUT2D eigenvalue weighted by Gasteiger charge is 2.37. The van der Waals surface area contributed by atoms with Crippen LogP contribution in [0.2, 0.25) is 0 Å². The minimum atomic E-state index is -0.492. The van der Waals surface area contributed by atoms with E-state index in [4.69, 9.17) is 12.2 Å². The van der Waals surface area contributed by atoms with Crippen molar-refractivity contribution in [2.75, 3.05) is 17.2 Å². The first kappa shape index (κ1) is 15.0. The highest BCUT2D eigenvalue weighted by Crippen LogP contribution is 2.25. The van der Waals surface area contributed by atoms with Crippen molar-refractivity contribution in [1.29, 1.82) is 0 Å². The maximum Gasteiger partial charge on any atom is 0.257 e. The SMILES string of the molecule is O=C(NN1C(=O)CSC1=S)[C@@H]1CC(=O)N(c2ccccc2)C1. The smallest absolute Gasteiger partial charge is 0.257 e. The monoisotopic (exact) mass is 335 g/mol. The number of benzene rings is 1. The zero-order valence-corrected chi connectivity index (χ0v) is 13.2. The Morgan fingerprint density at radius 1 is 1.23 bits per heavy atom. The summed E-state index contributed by atoms with van der Waals surface area (Å²) in [5, 5.41) is 1.10. The number of nitrogens with zero attached hydrogens (tertiary/aromatic N) is 2. The molecule has 22 heavy (non-hydrogen) atoms. The Balaban J connectivity index is 1.67. The molecule has 0 aliphatic carbocycles. The van der Waals surface area contributed by atoms with Gasteiger partial charge in [-0.25, -0.2) is 5.01 Å². The molecule has 2 heterocycles. The van der Waals surface area contributed by atoms with Crippen molar-refractivity contribution < 1.29 is 14.4 Å². The van der Waals surface area contributed by atoms with Crippen LogP contribution in [0.15, 0.2) is 30.3 Å². The number of thiocarbonyl (C=S) groups is 1. The zero-order valence-electron chi connectivity index (χ0n) is 11.5. The standard InChI is InChI=1S/C14H13N3O3S2/c18-11-6-9(7-16(11)10-4-2-1-3-5-10)13(20)15-17-12(19)8-22-14(17)21/h1-5,9H,6-8H2,(H,15,20)/t9-/m1/s1. The minimum absolute atomic E-state index is 0.101. The number of rotatable bonds is 3. The van der Waals surface area contributed by atoms with Crippen molar-refractivity contribution in [2.45, 2.75) is 6.42 Å². The average molecular weight is 335 g/mol. The van der Waals surface area contributed by atoms with Crippen LogP contribution in [-0.2, 0) is 14.4 Å². The second-order valence-corrected chi connectivity index (χ2v) is 6.61. The van der Waals surface area contributed by atoms with E-state index in [9.17, 15) is 14.4 Å². The molecule has 0 bridgehead atoms. The van der Waals surface area contributed by atoms with E-state index in [1.165, 1.54) is 11.8 Å². The Kier molecular flexibility index (Phi) is 4.12. The molecular formula is C14H13N3O3S2. The molecule has 114 valence electrons. The number of carbonyl (C=O) groups is 3. The van der Waals surface area contributed by atoms with Gasteiger partial charge in [0, 0.05) is 18.7 Å². The van der Waals surface area contributed by atoms with Crippen LogP contribution in [0.5, 0.6) is 0 Å². The van der Waals surface area contributed by atoms with Crippen LogP contribution in [0.1, 0.15) is 6.42 Å². The van der Waals surface area contributed by atoms with Crippen molar-refractivity contribution in [3.05, 3.63) is 30.3 Å². The molecule has 8 heteroatoms. The van der Waals surface area contributed by atoms with Gasteiger partial charge in [-0.3, -0.25) is 19.8 Å². The Morgan fingerprint density at radius 2 is 1.95 bits per heavy atom. The minimum Gasteiger partial charge on any atom is -0.312 e. The van der Waals surface area contributed by atoms with E-state index in [2.05, 4.69) is 5.43 Å². The number of amides is 3. The number of anilines is 1. The third-order valence-electron chi connectivity index (χ3n) is 3.54. The van der Waals surface area contributed by atoms with E-state index in [-0.39, 0.29) is 29.9 Å². The van der Waals surface area contributed by atoms with Gasteiger partial charge < -0.3 is 4.90 Å². The van der Waals surface area contributed by atoms with E-state index < -0.39 is 5.92 Å². The highest BCUT2D eigenvalue weighted by atomic mass is 32.2. The van der Waals surface area contributed by atoms with E-state index in [1.807, 2.05) is 30.3 Å². The van der Waals surface area contributed by atoms with E-state index >= 15 is 0 Å². The number of nitrogens with one attached hydrogen (secondary N) is 1. The summed E-state index contributed by atoms with van der Waals surface area (Å²) in [6, 6.07) is 9.21. The predicted molar refractivity (Wildman–Crippen MR) is 86.9 cm³/mol. The van der Waals surface area contributed by atoms with Crippen LogP contribution in [0.25, 0.3) is 0 Å². The third kappa shape index (κ3) is 2.84. The lowest BCUT2D eigenvalue weighted by Crippen LogP contribution is -2.47. The van der Waals surface area contributed by atoms with E-state index in [0.717, 1.165) is 10.7 Å². The molecule has 2 saturated heterocycles. The molecule has 3 amide bonds. The summed E-state index contributed by atoms with van der Waals surface area (Å²) in [6.45, 7) is 0.302. The number of hydrazine groups is 1. The normalized spacial score (nSPS) is 21.6. The molecule has 1 aromatic rings. The summed E-state index contributed by atoms with van der Waals surface area (Å²) >= 11 is 6.22. The van der Waals surface area contributed by atoms with Crippen LogP contribution in [-0.4, -0.2) is 39.3 Å². The van der Waals surface area contributed by atoms with Crippen LogP contribution in [0.3, 0.4) is 0 Å². The summed E-state index contributed by atoms with van der Waals surface area (Å²) in [6.07, 6.45) is 0.128. The third-order valence-corrected chi connectivity index (χ3v) is 4.89. The van der Waals surface area contributed by atoms with Gasteiger partial charge in [0.25, 0.3) is 5.91 Å². The number of hydrogen-bond acceptors (Lipinski definition) is 5. The fourth-order valence-corrected chi connectivity index (χ4v) is 3.38. The largest absolute Gasteiger partial charge is 0.312 e. The first-order valence-electron chi connectivity index (χ1n) is 6.72. The number of para-hydroxylation sites is 1. The second-order valence-electron chi connectivity index (χ2n) is 5.00. The molecule has 2 aliphatic rings. The lowest BCUT2D eigenvalue weighted by atomic mass is 10.1. The number of hydrogen-bond donors (Lipinski definition) is 1. The van der Waals surface area contributed by atoms with Crippen molar-refractivity contribution in [3.8, 4) is 0 Å². The fourth-order valence-electron chi connectivity index (χ4n) is 2.40. The van der Waals surface area contributed by atoms with Gasteiger partial charge in [-0.2, -0.15) is 0 Å². The summed E-state index contributed by atoms with van der Waals surface area (Å²) in [5.74, 6) is -0.957. The summed E-state index contributed by atoms with van der Waals surface area (Å²) in [4.78, 5) is 37.6. The Morgan fingerprint density at radius 3 is 2.59 bits per heavy atom. The van der Waals surface area contributed by atoms with Gasteiger partial charge in [-0.05, 0) is 12.1 Å². The van der Waals surface area contributed by atoms with Crippen LogP contribution in [0, 0.1) is 5.92 Å². The van der Waals surface area contributed by atoms with Crippen molar-refractivity contribution in [3.63, 3.8) is 0 Å². The lowest BCUT2D eigenvalue weighted by Gasteiger charge is -2.19. The van der Waals surface area contributed by atoms with Crippen molar-refractivity contribution >= 4 is 51.7 Å². The number of carbonyl (C=O) groups excluding carboxylic acids is 3. The van der Waals surface area contributed by atoms with Gasteiger partial charge in [0.05, 0.1) is 11.7 Å². The fraction of sp³-hybridized carbons (Fsp3) is 0.286. The number of thioether (sulfide) groups is 1. The topological polar surface area (TPSA) is 69.7 Å². The molecule has 0 spiro atoms. The first-order valence-corrected chi connectivity index (χ1v) is 8.11. The molecule has 0 saturated carbocycles. The molecule has 0 aromatic heterocycles. The van der Waals surface area contributed by atoms with Gasteiger partial charge in [0.1, 0.15) is 0 Å².